The topological polar surface area (TPSA) is 75.7 Å². The van der Waals surface area contributed by atoms with Gasteiger partial charge in [-0.15, -0.1) is 0 Å². The standard InChI is InChI=1S/C24H25FN2O4S/c1-17(19-10-14-21(15-11-19)32(29,30)27(2)3)26-24(28)22-6-4-5-7-23(22)31-16-18-8-12-20(25)13-9-18/h4-15,17H,16H2,1-3H3,(H,26,28). The van der Waals surface area contributed by atoms with Crippen molar-refractivity contribution in [2.45, 2.75) is 24.5 Å². The molecule has 0 fully saturated rings. The molecule has 0 saturated carbocycles. The molecule has 0 heterocycles. The van der Waals surface area contributed by atoms with Crippen LogP contribution in [0.1, 0.15) is 34.5 Å². The zero-order valence-electron chi connectivity index (χ0n) is 18.1. The number of sulfonamides is 1. The third kappa shape index (κ3) is 5.52. The van der Waals surface area contributed by atoms with Gasteiger partial charge in [0, 0.05) is 14.1 Å². The number of para-hydroxylation sites is 1. The Morgan fingerprint density at radius 3 is 2.25 bits per heavy atom. The van der Waals surface area contributed by atoms with Crippen molar-refractivity contribution in [2.24, 2.45) is 0 Å². The Labute approximate surface area is 187 Å². The zero-order chi connectivity index (χ0) is 23.3. The zero-order valence-corrected chi connectivity index (χ0v) is 18.9. The molecule has 1 unspecified atom stereocenters. The molecule has 0 aliphatic rings. The van der Waals surface area contributed by atoms with E-state index >= 15 is 0 Å². The molecule has 0 radical (unpaired) electrons. The van der Waals surface area contributed by atoms with Gasteiger partial charge in [0.1, 0.15) is 18.2 Å². The van der Waals surface area contributed by atoms with E-state index in [1.54, 1.807) is 48.5 Å². The lowest BCUT2D eigenvalue weighted by Gasteiger charge is -2.17. The van der Waals surface area contributed by atoms with E-state index in [0.717, 1.165) is 15.4 Å². The monoisotopic (exact) mass is 456 g/mol. The summed E-state index contributed by atoms with van der Waals surface area (Å²) < 4.78 is 44.4. The van der Waals surface area contributed by atoms with Gasteiger partial charge in [0.25, 0.3) is 5.91 Å². The molecule has 8 heteroatoms. The van der Waals surface area contributed by atoms with Crippen LogP contribution in [0.25, 0.3) is 0 Å². The van der Waals surface area contributed by atoms with Crippen LogP contribution in [0.4, 0.5) is 4.39 Å². The van der Waals surface area contributed by atoms with Crippen LogP contribution >= 0.6 is 0 Å². The van der Waals surface area contributed by atoms with E-state index in [2.05, 4.69) is 5.32 Å². The fourth-order valence-electron chi connectivity index (χ4n) is 3.02. The molecule has 0 spiro atoms. The fraction of sp³-hybridized carbons (Fsp3) is 0.208. The predicted molar refractivity (Wildman–Crippen MR) is 120 cm³/mol. The summed E-state index contributed by atoms with van der Waals surface area (Å²) in [6.45, 7) is 2.01. The second kappa shape index (κ2) is 9.93. The molecule has 3 rings (SSSR count). The van der Waals surface area contributed by atoms with Gasteiger partial charge in [-0.05, 0) is 54.4 Å². The minimum Gasteiger partial charge on any atom is -0.488 e. The molecule has 1 amide bonds. The van der Waals surface area contributed by atoms with Crippen molar-refractivity contribution in [3.05, 3.63) is 95.3 Å². The fourth-order valence-corrected chi connectivity index (χ4v) is 3.92. The average molecular weight is 457 g/mol. The number of ether oxygens (including phenoxy) is 1. The molecule has 1 N–H and O–H groups in total. The summed E-state index contributed by atoms with van der Waals surface area (Å²) in [6, 6.07) is 18.9. The largest absolute Gasteiger partial charge is 0.488 e. The Balaban J connectivity index is 1.69. The summed E-state index contributed by atoms with van der Waals surface area (Å²) in [6.07, 6.45) is 0. The van der Waals surface area contributed by atoms with Crippen molar-refractivity contribution >= 4 is 15.9 Å². The lowest BCUT2D eigenvalue weighted by atomic mass is 10.1. The first-order valence-corrected chi connectivity index (χ1v) is 11.4. The van der Waals surface area contributed by atoms with Gasteiger partial charge in [-0.3, -0.25) is 4.79 Å². The first kappa shape index (κ1) is 23.4. The highest BCUT2D eigenvalue weighted by atomic mass is 32.2. The number of nitrogens with zero attached hydrogens (tertiary/aromatic N) is 1. The minimum absolute atomic E-state index is 0.185. The molecular formula is C24H25FN2O4S. The van der Waals surface area contributed by atoms with Gasteiger partial charge in [0.05, 0.1) is 16.5 Å². The van der Waals surface area contributed by atoms with Crippen LogP contribution in [0, 0.1) is 5.82 Å². The van der Waals surface area contributed by atoms with Crippen molar-refractivity contribution in [1.29, 1.82) is 0 Å². The SMILES string of the molecule is CC(NC(=O)c1ccccc1OCc1ccc(F)cc1)c1ccc(S(=O)(=O)N(C)C)cc1. The van der Waals surface area contributed by atoms with E-state index in [0.29, 0.717) is 11.3 Å². The minimum atomic E-state index is -3.51. The molecule has 0 aliphatic heterocycles. The maximum atomic E-state index is 13.1. The van der Waals surface area contributed by atoms with Crippen LogP contribution in [-0.2, 0) is 16.6 Å². The lowest BCUT2D eigenvalue weighted by Crippen LogP contribution is -2.27. The quantitative estimate of drug-likeness (QED) is 0.553. The Hall–Kier alpha value is -3.23. The Bertz CT molecular complexity index is 1180. The average Bonchev–Trinajstić information content (AvgIpc) is 2.78. The van der Waals surface area contributed by atoms with Crippen LogP contribution in [0.5, 0.6) is 5.75 Å². The summed E-state index contributed by atoms with van der Waals surface area (Å²) in [4.78, 5) is 13.1. The molecule has 168 valence electrons. The number of hydrogen-bond donors (Lipinski definition) is 1. The molecule has 0 bridgehead atoms. The highest BCUT2D eigenvalue weighted by Gasteiger charge is 2.19. The van der Waals surface area contributed by atoms with Gasteiger partial charge in [-0.25, -0.2) is 17.1 Å². The number of carbonyl (C=O) groups is 1. The van der Waals surface area contributed by atoms with Crippen LogP contribution in [-0.4, -0.2) is 32.7 Å². The van der Waals surface area contributed by atoms with Crippen LogP contribution in [0.2, 0.25) is 0 Å². The third-order valence-electron chi connectivity index (χ3n) is 4.95. The van der Waals surface area contributed by atoms with Crippen LogP contribution in [0.3, 0.4) is 0 Å². The summed E-state index contributed by atoms with van der Waals surface area (Å²) in [5.41, 5.74) is 1.91. The van der Waals surface area contributed by atoms with E-state index in [1.165, 1.54) is 38.4 Å². The Morgan fingerprint density at radius 2 is 1.62 bits per heavy atom. The first-order chi connectivity index (χ1) is 15.2. The molecule has 1 atom stereocenters. The Morgan fingerprint density at radius 1 is 1.00 bits per heavy atom. The van der Waals surface area contributed by atoms with Gasteiger partial charge in [-0.2, -0.15) is 0 Å². The lowest BCUT2D eigenvalue weighted by molar-refractivity contribution is 0.0935. The highest BCUT2D eigenvalue weighted by molar-refractivity contribution is 7.89. The number of rotatable bonds is 8. The number of nitrogens with one attached hydrogen (secondary N) is 1. The van der Waals surface area contributed by atoms with Crippen molar-refractivity contribution in [3.8, 4) is 5.75 Å². The van der Waals surface area contributed by atoms with E-state index < -0.39 is 10.0 Å². The molecule has 0 aliphatic carbocycles. The maximum Gasteiger partial charge on any atom is 0.255 e. The van der Waals surface area contributed by atoms with E-state index in [4.69, 9.17) is 4.74 Å². The van der Waals surface area contributed by atoms with Gasteiger partial charge >= 0.3 is 0 Å². The second-order valence-corrected chi connectivity index (χ2v) is 9.61. The summed E-state index contributed by atoms with van der Waals surface area (Å²) in [5.74, 6) is -0.235. The van der Waals surface area contributed by atoms with Crippen molar-refractivity contribution in [3.63, 3.8) is 0 Å². The molecular weight excluding hydrogens is 431 g/mol. The third-order valence-corrected chi connectivity index (χ3v) is 6.77. The molecule has 0 saturated heterocycles. The predicted octanol–water partition coefficient (Wildman–Crippen LogP) is 4.15. The van der Waals surface area contributed by atoms with Crippen LogP contribution < -0.4 is 10.1 Å². The van der Waals surface area contributed by atoms with Gasteiger partial charge in [0.2, 0.25) is 10.0 Å². The molecule has 32 heavy (non-hydrogen) atoms. The van der Waals surface area contributed by atoms with Crippen molar-refractivity contribution in [1.82, 2.24) is 9.62 Å². The number of hydrogen-bond acceptors (Lipinski definition) is 4. The van der Waals surface area contributed by atoms with Gasteiger partial charge in [0.15, 0.2) is 0 Å². The number of amides is 1. The maximum absolute atomic E-state index is 13.1. The van der Waals surface area contributed by atoms with Crippen LogP contribution in [0.15, 0.2) is 77.7 Å². The van der Waals surface area contributed by atoms with E-state index in [-0.39, 0.29) is 29.3 Å². The smallest absolute Gasteiger partial charge is 0.255 e. The van der Waals surface area contributed by atoms with Gasteiger partial charge in [-0.1, -0.05) is 36.4 Å². The molecule has 6 nitrogen and oxygen atoms in total. The summed E-state index contributed by atoms with van der Waals surface area (Å²) in [7, 11) is -0.566. The molecule has 0 aromatic heterocycles. The number of carbonyl (C=O) groups excluding carboxylic acids is 1. The summed E-state index contributed by atoms with van der Waals surface area (Å²) in [5, 5.41) is 2.91. The molecule has 3 aromatic rings. The van der Waals surface area contributed by atoms with E-state index in [1.807, 2.05) is 6.92 Å². The Kier molecular flexibility index (Phi) is 7.27. The first-order valence-electron chi connectivity index (χ1n) is 9.98. The normalized spacial score (nSPS) is 12.4. The molecule has 3 aromatic carbocycles. The number of benzene rings is 3. The van der Waals surface area contributed by atoms with E-state index in [9.17, 15) is 17.6 Å². The number of halogens is 1. The highest BCUT2D eigenvalue weighted by Crippen LogP contribution is 2.22. The van der Waals surface area contributed by atoms with Gasteiger partial charge < -0.3 is 10.1 Å². The van der Waals surface area contributed by atoms with Crippen molar-refractivity contribution in [2.75, 3.05) is 14.1 Å². The second-order valence-electron chi connectivity index (χ2n) is 7.46. The van der Waals surface area contributed by atoms with Crippen molar-refractivity contribution < 1.29 is 22.3 Å². The summed E-state index contributed by atoms with van der Waals surface area (Å²) >= 11 is 0.